The smallest absolute Gasteiger partial charge is 0.416 e. The number of hydrogen-bond acceptors (Lipinski definition) is 6. The molecule has 2 aromatic rings. The Hall–Kier alpha value is -2.46. The van der Waals surface area contributed by atoms with E-state index in [1.807, 2.05) is 0 Å². The van der Waals surface area contributed by atoms with Crippen molar-refractivity contribution in [2.24, 2.45) is 0 Å². The molecule has 1 amide bonds. The molecule has 2 aliphatic rings. The van der Waals surface area contributed by atoms with E-state index in [9.17, 15) is 18.7 Å². The van der Waals surface area contributed by atoms with Gasteiger partial charge in [-0.3, -0.25) is 9.89 Å². The second-order valence-electron chi connectivity index (χ2n) is 6.89. The molecule has 0 atom stereocenters. The predicted molar refractivity (Wildman–Crippen MR) is 91.3 cm³/mol. The normalized spacial score (nSPS) is 18.6. The van der Waals surface area contributed by atoms with Gasteiger partial charge < -0.3 is 20.1 Å². The Balaban J connectivity index is 1.87. The zero-order valence-electron chi connectivity index (χ0n) is 14.0. The monoisotopic (exact) mass is 382 g/mol. The van der Waals surface area contributed by atoms with Gasteiger partial charge in [0.15, 0.2) is 5.75 Å². The maximum absolute atomic E-state index is 14.2. The lowest BCUT2D eigenvalue weighted by Crippen LogP contribution is -2.42. The quantitative estimate of drug-likeness (QED) is 0.759. The van der Waals surface area contributed by atoms with E-state index in [0.29, 0.717) is 21.8 Å². The van der Waals surface area contributed by atoms with Gasteiger partial charge in [0.25, 0.3) is 5.91 Å². The molecule has 4 heterocycles. The lowest BCUT2D eigenvalue weighted by Gasteiger charge is -2.32. The van der Waals surface area contributed by atoms with Gasteiger partial charge >= 0.3 is 6.11 Å². The van der Waals surface area contributed by atoms with Crippen LogP contribution in [0.25, 0.3) is 10.4 Å². The van der Waals surface area contributed by atoms with Gasteiger partial charge in [-0.1, -0.05) is 0 Å². The highest BCUT2D eigenvalue weighted by Gasteiger charge is 2.45. The maximum atomic E-state index is 14.2. The third kappa shape index (κ3) is 2.95. The first-order chi connectivity index (χ1) is 12.1. The summed E-state index contributed by atoms with van der Waals surface area (Å²) in [6.45, 7) is 2.44. The number of rotatable bonds is 3. The van der Waals surface area contributed by atoms with Gasteiger partial charge in [-0.25, -0.2) is 0 Å². The number of ether oxygens (including phenoxy) is 1. The largest absolute Gasteiger partial charge is 0.427 e. The van der Waals surface area contributed by atoms with Crippen LogP contribution in [0.3, 0.4) is 0 Å². The second-order valence-corrected chi connectivity index (χ2v) is 7.91. The van der Waals surface area contributed by atoms with Crippen molar-refractivity contribution < 1.29 is 23.4 Å². The highest BCUT2D eigenvalue weighted by molar-refractivity contribution is 7.18. The SMILES string of the molecule is CC(C)(O)CC1=CN2CC(F)(F)Oc3c(-c4cn[nH]c4)sc(c32)C(=O)N1. The highest BCUT2D eigenvalue weighted by Crippen LogP contribution is 2.53. The molecule has 3 N–H and O–H groups in total. The van der Waals surface area contributed by atoms with Crippen molar-refractivity contribution in [2.45, 2.75) is 32.0 Å². The van der Waals surface area contributed by atoms with Crippen LogP contribution in [-0.4, -0.2) is 39.5 Å². The number of hydrogen-bond donors (Lipinski definition) is 3. The summed E-state index contributed by atoms with van der Waals surface area (Å²) in [5.74, 6) is -0.466. The van der Waals surface area contributed by atoms with Crippen molar-refractivity contribution >= 4 is 22.9 Å². The molecule has 2 aliphatic heterocycles. The van der Waals surface area contributed by atoms with Crippen molar-refractivity contribution in [1.29, 1.82) is 0 Å². The van der Waals surface area contributed by atoms with E-state index < -0.39 is 24.2 Å². The van der Waals surface area contributed by atoms with Crippen molar-refractivity contribution in [2.75, 3.05) is 11.4 Å². The van der Waals surface area contributed by atoms with Gasteiger partial charge in [-0.05, 0) is 13.8 Å². The lowest BCUT2D eigenvalue weighted by atomic mass is 10.0. The van der Waals surface area contributed by atoms with Crippen LogP contribution in [0.1, 0.15) is 29.9 Å². The summed E-state index contributed by atoms with van der Waals surface area (Å²) in [4.78, 5) is 14.7. The molecule has 0 saturated heterocycles. The Labute approximate surface area is 151 Å². The number of nitrogens with one attached hydrogen (secondary N) is 2. The Bertz CT molecular complexity index is 899. The third-order valence-corrected chi connectivity index (χ3v) is 5.12. The Kier molecular flexibility index (Phi) is 3.60. The fourth-order valence-corrected chi connectivity index (χ4v) is 4.14. The van der Waals surface area contributed by atoms with Crippen molar-refractivity contribution in [3.8, 4) is 16.2 Å². The number of carbonyl (C=O) groups is 1. The Morgan fingerprint density at radius 1 is 1.46 bits per heavy atom. The van der Waals surface area contributed by atoms with E-state index in [1.165, 1.54) is 17.3 Å². The van der Waals surface area contributed by atoms with Gasteiger partial charge in [0.05, 0.1) is 16.7 Å². The number of thiophene rings is 1. The molecule has 0 unspecified atom stereocenters. The molecule has 0 saturated carbocycles. The molecule has 0 radical (unpaired) electrons. The number of amides is 1. The summed E-state index contributed by atoms with van der Waals surface area (Å²) >= 11 is 1.06. The molecule has 0 bridgehead atoms. The van der Waals surface area contributed by atoms with E-state index in [0.717, 1.165) is 11.3 Å². The summed E-state index contributed by atoms with van der Waals surface area (Å²) in [6.07, 6.45) is 1.16. The number of alkyl halides is 2. The standard InChI is InChI=1S/C16H16F2N4O3S/c1-15(2,24)3-9-6-22-7-16(17,18)25-11-10(22)13(14(23)21-9)26-12(11)8-4-19-20-5-8/h4-6,24H,3,7H2,1-2H3,(H,19,20)(H,21,23). The molecule has 4 rings (SSSR count). The first-order valence-corrected chi connectivity index (χ1v) is 8.68. The van der Waals surface area contributed by atoms with E-state index in [2.05, 4.69) is 15.5 Å². The van der Waals surface area contributed by atoms with E-state index in [1.54, 1.807) is 20.0 Å². The van der Waals surface area contributed by atoms with Gasteiger partial charge in [0, 0.05) is 30.1 Å². The summed E-state index contributed by atoms with van der Waals surface area (Å²) in [5.41, 5.74) is 0.125. The summed E-state index contributed by atoms with van der Waals surface area (Å²) in [5, 5.41) is 19.2. The average Bonchev–Trinajstić information content (AvgIpc) is 3.08. The van der Waals surface area contributed by atoms with Crippen LogP contribution in [-0.2, 0) is 0 Å². The minimum absolute atomic E-state index is 0.0430. The molecular weight excluding hydrogens is 366 g/mol. The lowest BCUT2D eigenvalue weighted by molar-refractivity contribution is -0.170. The van der Waals surface area contributed by atoms with Crippen LogP contribution in [0.2, 0.25) is 0 Å². The minimum Gasteiger partial charge on any atom is -0.427 e. The predicted octanol–water partition coefficient (Wildman–Crippen LogP) is 2.68. The fourth-order valence-electron chi connectivity index (χ4n) is 3.03. The summed E-state index contributed by atoms with van der Waals surface area (Å²) in [7, 11) is 0. The average molecular weight is 382 g/mol. The fraction of sp³-hybridized carbons (Fsp3) is 0.375. The third-order valence-electron chi connectivity index (χ3n) is 3.91. The number of halogens is 2. The Morgan fingerprint density at radius 3 is 2.88 bits per heavy atom. The van der Waals surface area contributed by atoms with Gasteiger partial charge in [-0.15, -0.1) is 11.3 Å². The van der Waals surface area contributed by atoms with Gasteiger partial charge in [0.1, 0.15) is 17.1 Å². The molecule has 138 valence electrons. The van der Waals surface area contributed by atoms with Crippen LogP contribution in [0, 0.1) is 0 Å². The zero-order chi connectivity index (χ0) is 18.7. The second kappa shape index (κ2) is 5.52. The van der Waals surface area contributed by atoms with Gasteiger partial charge in [-0.2, -0.15) is 13.9 Å². The van der Waals surface area contributed by atoms with Crippen molar-refractivity contribution in [1.82, 2.24) is 15.5 Å². The molecular formula is C16H16F2N4O3S. The number of aromatic amines is 1. The molecule has 0 aromatic carbocycles. The van der Waals surface area contributed by atoms with Crippen LogP contribution in [0.15, 0.2) is 24.3 Å². The van der Waals surface area contributed by atoms with Crippen LogP contribution >= 0.6 is 11.3 Å². The molecule has 0 fully saturated rings. The maximum Gasteiger partial charge on any atom is 0.416 e. The van der Waals surface area contributed by atoms with Crippen LogP contribution in [0.5, 0.6) is 5.75 Å². The number of H-pyrrole nitrogens is 1. The molecule has 10 heteroatoms. The number of aliphatic hydroxyl groups is 1. The van der Waals surface area contributed by atoms with Crippen molar-refractivity contribution in [3.05, 3.63) is 29.2 Å². The minimum atomic E-state index is -3.42. The molecule has 0 aliphatic carbocycles. The zero-order valence-corrected chi connectivity index (χ0v) is 14.8. The molecule has 26 heavy (non-hydrogen) atoms. The molecule has 7 nitrogen and oxygen atoms in total. The van der Waals surface area contributed by atoms with Crippen molar-refractivity contribution in [3.63, 3.8) is 0 Å². The van der Waals surface area contributed by atoms with Gasteiger partial charge in [0.2, 0.25) is 0 Å². The highest BCUT2D eigenvalue weighted by atomic mass is 32.1. The number of nitrogens with zero attached hydrogens (tertiary/aromatic N) is 2. The number of aromatic nitrogens is 2. The molecule has 0 spiro atoms. The first kappa shape index (κ1) is 17.0. The van der Waals surface area contributed by atoms with E-state index in [-0.39, 0.29) is 17.0 Å². The summed E-state index contributed by atoms with van der Waals surface area (Å²) in [6, 6.07) is 0. The number of anilines is 1. The van der Waals surface area contributed by atoms with E-state index in [4.69, 9.17) is 4.74 Å². The van der Waals surface area contributed by atoms with Crippen LogP contribution in [0.4, 0.5) is 14.5 Å². The van der Waals surface area contributed by atoms with Crippen LogP contribution < -0.4 is 15.0 Å². The topological polar surface area (TPSA) is 90.5 Å². The summed E-state index contributed by atoms with van der Waals surface area (Å²) < 4.78 is 33.3. The Morgan fingerprint density at radius 2 is 2.23 bits per heavy atom. The first-order valence-electron chi connectivity index (χ1n) is 7.87. The van der Waals surface area contributed by atoms with E-state index >= 15 is 0 Å². The number of carbonyl (C=O) groups excluding carboxylic acids is 1. The molecule has 2 aromatic heterocycles.